The second-order valence-corrected chi connectivity index (χ2v) is 2.93. The molecule has 0 radical (unpaired) electrons. The van der Waals surface area contributed by atoms with Crippen molar-refractivity contribution in [3.05, 3.63) is 18.3 Å². The minimum Gasteiger partial charge on any atom is -0.450 e. The second-order valence-electron chi connectivity index (χ2n) is 2.93. The largest absolute Gasteiger partial charge is 0.450 e. The molecule has 1 aromatic rings. The minimum atomic E-state index is -0.604. The lowest BCUT2D eigenvalue weighted by Gasteiger charge is -2.09. The lowest BCUT2D eigenvalue weighted by atomic mass is 10.4. The van der Waals surface area contributed by atoms with E-state index in [-0.39, 0.29) is 18.3 Å². The summed E-state index contributed by atoms with van der Waals surface area (Å²) in [6.07, 6.45) is 0.903. The lowest BCUT2D eigenvalue weighted by Crippen LogP contribution is -2.17. The maximum atomic E-state index is 11.2. The molecule has 2 amide bonds. The molecular weight excluding hydrogens is 210 g/mol. The Morgan fingerprint density at radius 2 is 2.19 bits per heavy atom. The first kappa shape index (κ1) is 12.0. The lowest BCUT2D eigenvalue weighted by molar-refractivity contribution is -0.114. The molecule has 1 rings (SSSR count). The van der Waals surface area contributed by atoms with E-state index in [1.807, 2.05) is 0 Å². The van der Waals surface area contributed by atoms with E-state index in [1.54, 1.807) is 19.1 Å². The van der Waals surface area contributed by atoms with Gasteiger partial charge < -0.3 is 10.1 Å². The summed E-state index contributed by atoms with van der Waals surface area (Å²) in [4.78, 5) is 26.0. The molecule has 6 nitrogen and oxygen atoms in total. The summed E-state index contributed by atoms with van der Waals surface area (Å²) in [5.41, 5.74) is 0.433. The highest BCUT2D eigenvalue weighted by Crippen LogP contribution is 2.17. The van der Waals surface area contributed by atoms with Crippen LogP contribution in [0.15, 0.2) is 18.3 Å². The Bertz CT molecular complexity index is 393. The number of rotatable bonds is 3. The minimum absolute atomic E-state index is 0.236. The van der Waals surface area contributed by atoms with Gasteiger partial charge in [-0.05, 0) is 19.1 Å². The van der Waals surface area contributed by atoms with Gasteiger partial charge in [0.2, 0.25) is 5.91 Å². The van der Waals surface area contributed by atoms with Gasteiger partial charge in [0.25, 0.3) is 0 Å². The predicted molar refractivity (Wildman–Crippen MR) is 59.2 cm³/mol. The normalized spacial score (nSPS) is 9.38. The van der Waals surface area contributed by atoms with Gasteiger partial charge in [0.15, 0.2) is 5.82 Å². The SMILES string of the molecule is CCOC(=O)Nc1ncccc1NC(C)=O. The number of nitrogens with zero attached hydrogens (tertiary/aromatic N) is 1. The molecule has 1 aromatic heterocycles. The van der Waals surface area contributed by atoms with Gasteiger partial charge in [-0.25, -0.2) is 9.78 Å². The molecule has 0 aromatic carbocycles. The Morgan fingerprint density at radius 1 is 1.44 bits per heavy atom. The van der Waals surface area contributed by atoms with E-state index in [0.29, 0.717) is 5.69 Å². The first-order valence-electron chi connectivity index (χ1n) is 4.80. The van der Waals surface area contributed by atoms with Gasteiger partial charge in [-0.15, -0.1) is 0 Å². The zero-order chi connectivity index (χ0) is 12.0. The molecule has 0 aliphatic carbocycles. The Labute approximate surface area is 93.0 Å². The van der Waals surface area contributed by atoms with Crippen LogP contribution in [0.25, 0.3) is 0 Å². The van der Waals surface area contributed by atoms with Crippen LogP contribution in [0, 0.1) is 0 Å². The van der Waals surface area contributed by atoms with Crippen molar-refractivity contribution in [2.45, 2.75) is 13.8 Å². The first-order chi connectivity index (χ1) is 7.63. The monoisotopic (exact) mass is 223 g/mol. The molecule has 16 heavy (non-hydrogen) atoms. The van der Waals surface area contributed by atoms with Crippen molar-refractivity contribution < 1.29 is 14.3 Å². The number of amides is 2. The number of ether oxygens (including phenoxy) is 1. The summed E-state index contributed by atoms with van der Waals surface area (Å²) >= 11 is 0. The Hall–Kier alpha value is -2.11. The first-order valence-corrected chi connectivity index (χ1v) is 4.80. The molecule has 1 heterocycles. The fraction of sp³-hybridized carbons (Fsp3) is 0.300. The van der Waals surface area contributed by atoms with Gasteiger partial charge in [0, 0.05) is 13.1 Å². The summed E-state index contributed by atoms with van der Waals surface area (Å²) in [7, 11) is 0. The van der Waals surface area contributed by atoms with Crippen molar-refractivity contribution in [3.63, 3.8) is 0 Å². The van der Waals surface area contributed by atoms with Crippen LogP contribution in [0.5, 0.6) is 0 Å². The van der Waals surface area contributed by atoms with Crippen molar-refractivity contribution in [2.24, 2.45) is 0 Å². The van der Waals surface area contributed by atoms with Crippen LogP contribution in [0.2, 0.25) is 0 Å². The fourth-order valence-electron chi connectivity index (χ4n) is 1.06. The quantitative estimate of drug-likeness (QED) is 0.815. The molecule has 0 aliphatic rings. The van der Waals surface area contributed by atoms with E-state index in [4.69, 9.17) is 4.74 Å². The highest BCUT2D eigenvalue weighted by Gasteiger charge is 2.08. The number of carbonyl (C=O) groups is 2. The summed E-state index contributed by atoms with van der Waals surface area (Å²) in [6.45, 7) is 3.35. The van der Waals surface area contributed by atoms with Gasteiger partial charge in [-0.2, -0.15) is 0 Å². The van der Waals surface area contributed by atoms with E-state index in [1.165, 1.54) is 13.1 Å². The molecule has 86 valence electrons. The molecule has 0 aliphatic heterocycles. The van der Waals surface area contributed by atoms with E-state index in [2.05, 4.69) is 15.6 Å². The molecule has 0 bridgehead atoms. The van der Waals surface area contributed by atoms with Crippen LogP contribution < -0.4 is 10.6 Å². The van der Waals surface area contributed by atoms with Crippen LogP contribution in [-0.2, 0) is 9.53 Å². The number of pyridine rings is 1. The molecule has 0 unspecified atom stereocenters. The van der Waals surface area contributed by atoms with Gasteiger partial charge in [-0.1, -0.05) is 0 Å². The smallest absolute Gasteiger partial charge is 0.412 e. The highest BCUT2D eigenvalue weighted by molar-refractivity contribution is 5.95. The fourth-order valence-corrected chi connectivity index (χ4v) is 1.06. The average Bonchev–Trinajstić information content (AvgIpc) is 2.20. The van der Waals surface area contributed by atoms with E-state index >= 15 is 0 Å². The van der Waals surface area contributed by atoms with Gasteiger partial charge in [0.1, 0.15) is 0 Å². The third-order valence-electron chi connectivity index (χ3n) is 1.61. The standard InChI is InChI=1S/C10H13N3O3/c1-3-16-10(15)13-9-8(12-7(2)14)5-4-6-11-9/h4-6H,3H2,1-2H3,(H,12,14)(H,11,13,15). The maximum absolute atomic E-state index is 11.2. The third kappa shape index (κ3) is 3.56. The highest BCUT2D eigenvalue weighted by atomic mass is 16.5. The van der Waals surface area contributed by atoms with E-state index in [0.717, 1.165) is 0 Å². The zero-order valence-corrected chi connectivity index (χ0v) is 9.11. The van der Waals surface area contributed by atoms with Crippen molar-refractivity contribution in [1.82, 2.24) is 4.98 Å². The van der Waals surface area contributed by atoms with Crippen molar-refractivity contribution >= 4 is 23.5 Å². The number of carbonyl (C=O) groups excluding carboxylic acids is 2. The molecule has 0 spiro atoms. The van der Waals surface area contributed by atoms with Crippen LogP contribution in [-0.4, -0.2) is 23.6 Å². The molecule has 0 atom stereocenters. The van der Waals surface area contributed by atoms with Crippen LogP contribution in [0.1, 0.15) is 13.8 Å². The number of hydrogen-bond acceptors (Lipinski definition) is 4. The molecule has 2 N–H and O–H groups in total. The zero-order valence-electron chi connectivity index (χ0n) is 9.11. The van der Waals surface area contributed by atoms with Crippen LogP contribution in [0.4, 0.5) is 16.3 Å². The Morgan fingerprint density at radius 3 is 2.81 bits per heavy atom. The summed E-state index contributed by atoms with van der Waals surface area (Å²) in [6, 6.07) is 3.29. The van der Waals surface area contributed by atoms with Crippen LogP contribution >= 0.6 is 0 Å². The Balaban J connectivity index is 2.78. The van der Waals surface area contributed by atoms with Crippen LogP contribution in [0.3, 0.4) is 0 Å². The number of anilines is 2. The Kier molecular flexibility index (Phi) is 4.26. The number of hydrogen-bond donors (Lipinski definition) is 2. The molecule has 0 saturated carbocycles. The second kappa shape index (κ2) is 5.69. The molecular formula is C10H13N3O3. The van der Waals surface area contributed by atoms with E-state index < -0.39 is 6.09 Å². The molecule has 0 fully saturated rings. The summed E-state index contributed by atoms with van der Waals surface area (Å²) in [5.74, 6) is 0.0241. The van der Waals surface area contributed by atoms with Gasteiger partial charge in [0.05, 0.1) is 12.3 Å². The van der Waals surface area contributed by atoms with Crippen molar-refractivity contribution in [3.8, 4) is 0 Å². The number of aromatic nitrogens is 1. The van der Waals surface area contributed by atoms with E-state index in [9.17, 15) is 9.59 Å². The third-order valence-corrected chi connectivity index (χ3v) is 1.61. The van der Waals surface area contributed by atoms with Gasteiger partial charge >= 0.3 is 6.09 Å². The summed E-state index contributed by atoms with van der Waals surface area (Å²) in [5, 5.41) is 4.98. The summed E-state index contributed by atoms with van der Waals surface area (Å²) < 4.78 is 4.70. The van der Waals surface area contributed by atoms with Crippen molar-refractivity contribution in [1.29, 1.82) is 0 Å². The average molecular weight is 223 g/mol. The topological polar surface area (TPSA) is 80.3 Å². The molecule has 6 heteroatoms. The number of nitrogens with one attached hydrogen (secondary N) is 2. The maximum Gasteiger partial charge on any atom is 0.412 e. The van der Waals surface area contributed by atoms with Crippen molar-refractivity contribution in [2.75, 3.05) is 17.2 Å². The van der Waals surface area contributed by atoms with Gasteiger partial charge in [-0.3, -0.25) is 10.1 Å². The predicted octanol–water partition coefficient (Wildman–Crippen LogP) is 1.61. The molecule has 0 saturated heterocycles.